The van der Waals surface area contributed by atoms with E-state index in [1.165, 1.54) is 23.4 Å². The minimum absolute atomic E-state index is 0.270. The molecule has 22 heavy (non-hydrogen) atoms. The van der Waals surface area contributed by atoms with Crippen LogP contribution in [0.3, 0.4) is 0 Å². The summed E-state index contributed by atoms with van der Waals surface area (Å²) in [5.74, 6) is 1.49. The number of hydrogen-bond donors (Lipinski definition) is 2. The topological polar surface area (TPSA) is 55.4 Å². The van der Waals surface area contributed by atoms with Gasteiger partial charge in [0.25, 0.3) is 0 Å². The summed E-state index contributed by atoms with van der Waals surface area (Å²) in [5.41, 5.74) is 2.09. The molecule has 0 amide bonds. The SMILES string of the molecule is S=C(Nc1ccc2c(c1)OCO2)Nc1nc2c(s1)CCCC2. The second-order valence-corrected chi connectivity index (χ2v) is 6.74. The van der Waals surface area contributed by atoms with Crippen LogP contribution in [0.5, 0.6) is 11.5 Å². The zero-order valence-electron chi connectivity index (χ0n) is 11.8. The van der Waals surface area contributed by atoms with Gasteiger partial charge in [0.15, 0.2) is 21.7 Å². The monoisotopic (exact) mass is 333 g/mol. The van der Waals surface area contributed by atoms with Gasteiger partial charge in [-0.25, -0.2) is 4.98 Å². The van der Waals surface area contributed by atoms with Crippen LogP contribution in [0.2, 0.25) is 0 Å². The van der Waals surface area contributed by atoms with E-state index in [0.717, 1.165) is 35.2 Å². The zero-order valence-corrected chi connectivity index (χ0v) is 13.5. The second-order valence-electron chi connectivity index (χ2n) is 5.24. The first kappa shape index (κ1) is 13.8. The van der Waals surface area contributed by atoms with E-state index in [2.05, 4.69) is 15.6 Å². The Morgan fingerprint density at radius 3 is 2.91 bits per heavy atom. The standard InChI is InChI=1S/C15H15N3O2S2/c21-14(16-9-5-6-11-12(7-9)20-8-19-11)18-15-17-10-3-1-2-4-13(10)22-15/h5-7H,1-4,8H2,(H2,16,17,18,21). The number of nitrogens with one attached hydrogen (secondary N) is 2. The Hall–Kier alpha value is -1.86. The second kappa shape index (κ2) is 5.73. The van der Waals surface area contributed by atoms with Gasteiger partial charge in [-0.3, -0.25) is 0 Å². The highest BCUT2D eigenvalue weighted by Gasteiger charge is 2.16. The molecule has 2 aliphatic rings. The predicted molar refractivity (Wildman–Crippen MR) is 91.2 cm³/mol. The first-order valence-electron chi connectivity index (χ1n) is 7.24. The van der Waals surface area contributed by atoms with Crippen LogP contribution in [-0.4, -0.2) is 16.9 Å². The maximum atomic E-state index is 5.36. The highest BCUT2D eigenvalue weighted by molar-refractivity contribution is 7.80. The molecule has 1 aromatic heterocycles. The molecule has 7 heteroatoms. The minimum Gasteiger partial charge on any atom is -0.454 e. The summed E-state index contributed by atoms with van der Waals surface area (Å²) in [6, 6.07) is 5.66. The quantitative estimate of drug-likeness (QED) is 0.820. The average Bonchev–Trinajstić information content (AvgIpc) is 3.11. The van der Waals surface area contributed by atoms with Crippen molar-refractivity contribution in [2.24, 2.45) is 0 Å². The number of aromatic nitrogens is 1. The molecular weight excluding hydrogens is 318 g/mol. The first-order chi connectivity index (χ1) is 10.8. The van der Waals surface area contributed by atoms with Crippen molar-refractivity contribution < 1.29 is 9.47 Å². The third-order valence-electron chi connectivity index (χ3n) is 3.70. The summed E-state index contributed by atoms with van der Waals surface area (Å²) < 4.78 is 10.7. The molecule has 0 spiro atoms. The minimum atomic E-state index is 0.270. The molecule has 0 radical (unpaired) electrons. The number of thiazole rings is 1. The molecule has 1 aliphatic heterocycles. The lowest BCUT2D eigenvalue weighted by atomic mass is 10.0. The smallest absolute Gasteiger partial charge is 0.231 e. The summed E-state index contributed by atoms with van der Waals surface area (Å²) in [4.78, 5) is 6.01. The summed E-state index contributed by atoms with van der Waals surface area (Å²) >= 11 is 7.06. The van der Waals surface area contributed by atoms with Crippen LogP contribution >= 0.6 is 23.6 Å². The van der Waals surface area contributed by atoms with Gasteiger partial charge in [-0.2, -0.15) is 0 Å². The number of rotatable bonds is 2. The summed E-state index contributed by atoms with van der Waals surface area (Å²) in [6.07, 6.45) is 4.71. The van der Waals surface area contributed by atoms with Crippen molar-refractivity contribution in [1.29, 1.82) is 0 Å². The van der Waals surface area contributed by atoms with Crippen molar-refractivity contribution in [2.75, 3.05) is 17.4 Å². The summed E-state index contributed by atoms with van der Waals surface area (Å²) in [5, 5.41) is 7.72. The van der Waals surface area contributed by atoms with E-state index in [9.17, 15) is 0 Å². The van der Waals surface area contributed by atoms with Gasteiger partial charge >= 0.3 is 0 Å². The van der Waals surface area contributed by atoms with Gasteiger partial charge in [0.2, 0.25) is 6.79 Å². The Kier molecular flexibility index (Phi) is 3.59. The molecule has 0 bridgehead atoms. The van der Waals surface area contributed by atoms with Gasteiger partial charge in [-0.15, -0.1) is 11.3 Å². The van der Waals surface area contributed by atoms with Crippen LogP contribution in [0.1, 0.15) is 23.4 Å². The van der Waals surface area contributed by atoms with E-state index in [-0.39, 0.29) is 6.79 Å². The fourth-order valence-corrected chi connectivity index (χ4v) is 3.97. The Morgan fingerprint density at radius 1 is 1.14 bits per heavy atom. The number of ether oxygens (including phenoxy) is 2. The van der Waals surface area contributed by atoms with Crippen molar-refractivity contribution in [3.8, 4) is 11.5 Å². The van der Waals surface area contributed by atoms with Gasteiger partial charge in [-0.05, 0) is 50.0 Å². The fraction of sp³-hybridized carbons (Fsp3) is 0.333. The Morgan fingerprint density at radius 2 is 2.00 bits per heavy atom. The maximum Gasteiger partial charge on any atom is 0.231 e. The number of benzene rings is 1. The van der Waals surface area contributed by atoms with E-state index in [1.54, 1.807) is 11.3 Å². The third-order valence-corrected chi connectivity index (χ3v) is 4.97. The lowest BCUT2D eigenvalue weighted by Crippen LogP contribution is -2.18. The van der Waals surface area contributed by atoms with Crippen molar-refractivity contribution in [1.82, 2.24) is 4.98 Å². The van der Waals surface area contributed by atoms with Gasteiger partial charge < -0.3 is 20.1 Å². The van der Waals surface area contributed by atoms with E-state index in [0.29, 0.717) is 5.11 Å². The molecule has 1 aromatic carbocycles. The zero-order chi connectivity index (χ0) is 14.9. The van der Waals surface area contributed by atoms with Gasteiger partial charge in [0, 0.05) is 16.6 Å². The molecule has 0 atom stereocenters. The fourth-order valence-electron chi connectivity index (χ4n) is 2.64. The number of fused-ring (bicyclic) bond motifs is 2. The number of thiocarbonyl (C=S) groups is 1. The van der Waals surface area contributed by atoms with Crippen molar-refractivity contribution in [3.63, 3.8) is 0 Å². The predicted octanol–water partition coefficient (Wildman–Crippen LogP) is 3.56. The first-order valence-corrected chi connectivity index (χ1v) is 8.47. The molecule has 2 heterocycles. The number of nitrogens with zero attached hydrogens (tertiary/aromatic N) is 1. The molecule has 114 valence electrons. The Labute approximate surface area is 137 Å². The van der Waals surface area contributed by atoms with Crippen LogP contribution in [0.15, 0.2) is 18.2 Å². The largest absolute Gasteiger partial charge is 0.454 e. The molecular formula is C15H15N3O2S2. The van der Waals surface area contributed by atoms with Crippen LogP contribution < -0.4 is 20.1 Å². The normalized spacial score (nSPS) is 15.3. The Bertz CT molecular complexity index is 706. The maximum absolute atomic E-state index is 5.36. The number of hydrogen-bond acceptors (Lipinski definition) is 5. The molecule has 0 saturated heterocycles. The van der Waals surface area contributed by atoms with Crippen LogP contribution in [0, 0.1) is 0 Å². The number of anilines is 2. The molecule has 0 fully saturated rings. The third kappa shape index (κ3) is 2.74. The Balaban J connectivity index is 1.43. The molecule has 2 aromatic rings. The van der Waals surface area contributed by atoms with E-state index in [1.807, 2.05) is 18.2 Å². The van der Waals surface area contributed by atoms with Gasteiger partial charge in [-0.1, -0.05) is 0 Å². The van der Waals surface area contributed by atoms with E-state index >= 15 is 0 Å². The summed E-state index contributed by atoms with van der Waals surface area (Å²) in [6.45, 7) is 0.270. The molecule has 5 nitrogen and oxygen atoms in total. The lowest BCUT2D eigenvalue weighted by molar-refractivity contribution is 0.174. The van der Waals surface area contributed by atoms with E-state index < -0.39 is 0 Å². The summed E-state index contributed by atoms with van der Waals surface area (Å²) in [7, 11) is 0. The van der Waals surface area contributed by atoms with Crippen LogP contribution in [-0.2, 0) is 12.8 Å². The van der Waals surface area contributed by atoms with Gasteiger partial charge in [0.05, 0.1) is 5.69 Å². The molecule has 4 rings (SSSR count). The molecule has 0 unspecified atom stereocenters. The van der Waals surface area contributed by atoms with Crippen LogP contribution in [0.4, 0.5) is 10.8 Å². The van der Waals surface area contributed by atoms with Crippen molar-refractivity contribution >= 4 is 39.5 Å². The van der Waals surface area contributed by atoms with E-state index in [4.69, 9.17) is 21.7 Å². The molecule has 2 N–H and O–H groups in total. The molecule has 0 saturated carbocycles. The average molecular weight is 333 g/mol. The van der Waals surface area contributed by atoms with Gasteiger partial charge in [0.1, 0.15) is 0 Å². The van der Waals surface area contributed by atoms with Crippen molar-refractivity contribution in [2.45, 2.75) is 25.7 Å². The lowest BCUT2D eigenvalue weighted by Gasteiger charge is -2.08. The highest BCUT2D eigenvalue weighted by atomic mass is 32.1. The highest BCUT2D eigenvalue weighted by Crippen LogP contribution is 2.34. The number of aryl methyl sites for hydroxylation is 2. The molecule has 1 aliphatic carbocycles. The van der Waals surface area contributed by atoms with Crippen LogP contribution in [0.25, 0.3) is 0 Å². The van der Waals surface area contributed by atoms with Crippen molar-refractivity contribution in [3.05, 3.63) is 28.8 Å².